The number of hydrogen-bond acceptors (Lipinski definition) is 7. The molecule has 0 radical (unpaired) electrons. The van der Waals surface area contributed by atoms with E-state index in [1.165, 1.54) is 25.4 Å². The van der Waals surface area contributed by atoms with Gasteiger partial charge in [0.15, 0.2) is 5.96 Å². The van der Waals surface area contributed by atoms with Crippen molar-refractivity contribution in [3.63, 3.8) is 0 Å². The number of nitrogens with one attached hydrogen (secondary N) is 4. The Morgan fingerprint density at radius 1 is 1.29 bits per heavy atom. The first-order valence-corrected chi connectivity index (χ1v) is 9.89. The van der Waals surface area contributed by atoms with Gasteiger partial charge >= 0.3 is 0 Å². The van der Waals surface area contributed by atoms with Gasteiger partial charge in [-0.2, -0.15) is 0 Å². The molecule has 166 valence electrons. The second-order valence-corrected chi connectivity index (χ2v) is 7.16. The van der Waals surface area contributed by atoms with Crippen LogP contribution in [0.25, 0.3) is 0 Å². The van der Waals surface area contributed by atoms with E-state index in [1.807, 2.05) is 6.92 Å². The summed E-state index contributed by atoms with van der Waals surface area (Å²) in [5.41, 5.74) is 7.60. The third kappa shape index (κ3) is 6.45. The minimum absolute atomic E-state index is 0.0350. The molecule has 3 rings (SSSR count). The molecule has 0 bridgehead atoms. The Bertz CT molecular complexity index is 908. The second kappa shape index (κ2) is 10.8. The highest BCUT2D eigenvalue weighted by Gasteiger charge is 2.25. The summed E-state index contributed by atoms with van der Waals surface area (Å²) in [4.78, 5) is 21.4. The first kappa shape index (κ1) is 22.6. The van der Waals surface area contributed by atoms with Crippen molar-refractivity contribution in [1.29, 1.82) is 0 Å². The molecule has 1 amide bonds. The van der Waals surface area contributed by atoms with Gasteiger partial charge in [-0.3, -0.25) is 10.1 Å². The number of halogens is 1. The van der Waals surface area contributed by atoms with E-state index in [0.29, 0.717) is 30.4 Å². The lowest BCUT2D eigenvalue weighted by Gasteiger charge is -2.18. The monoisotopic (exact) mass is 430 g/mol. The number of methoxy groups -OCH3 is 2. The van der Waals surface area contributed by atoms with Crippen molar-refractivity contribution >= 4 is 11.9 Å². The number of benzene rings is 1. The van der Waals surface area contributed by atoms with E-state index in [-0.39, 0.29) is 30.0 Å². The first-order valence-electron chi connectivity index (χ1n) is 9.89. The molecular weight excluding hydrogens is 403 g/mol. The van der Waals surface area contributed by atoms with E-state index in [2.05, 4.69) is 31.5 Å². The van der Waals surface area contributed by atoms with Gasteiger partial charge < -0.3 is 14.8 Å². The van der Waals surface area contributed by atoms with Crippen molar-refractivity contribution in [3.8, 4) is 5.88 Å². The minimum atomic E-state index is -0.349. The topological polar surface area (TPSA) is 109 Å². The van der Waals surface area contributed by atoms with Gasteiger partial charge in [0.25, 0.3) is 5.91 Å². The standard InChI is InChI=1S/C21H27FN6O3/c1-13(12-30-2)24-21(26-20(29)15-8-9-23-19(10-15)31-3)25-18-11-17(27-28-18)14-4-6-16(22)7-5-14/h4-10,13,17-18,27-28H,11-12H2,1-3H3,(H2,24,25,26,29)/t13-,17?,18?/m0/s1. The van der Waals surface area contributed by atoms with E-state index < -0.39 is 0 Å². The molecule has 31 heavy (non-hydrogen) atoms. The Labute approximate surface area is 180 Å². The largest absolute Gasteiger partial charge is 0.481 e. The minimum Gasteiger partial charge on any atom is -0.481 e. The lowest BCUT2D eigenvalue weighted by Crippen LogP contribution is -2.47. The molecule has 2 heterocycles. The van der Waals surface area contributed by atoms with Crippen molar-refractivity contribution in [3.05, 3.63) is 59.5 Å². The number of pyridine rings is 1. The predicted molar refractivity (Wildman–Crippen MR) is 114 cm³/mol. The summed E-state index contributed by atoms with van der Waals surface area (Å²) in [5.74, 6) is 0.0241. The quantitative estimate of drug-likeness (QED) is 0.389. The van der Waals surface area contributed by atoms with Gasteiger partial charge in [0.2, 0.25) is 5.88 Å². The van der Waals surface area contributed by atoms with Crippen molar-refractivity contribution in [2.75, 3.05) is 20.8 Å². The van der Waals surface area contributed by atoms with E-state index in [9.17, 15) is 9.18 Å². The van der Waals surface area contributed by atoms with E-state index in [0.717, 1.165) is 5.56 Å². The van der Waals surface area contributed by atoms with Crippen LogP contribution in [0.1, 0.15) is 35.3 Å². The molecule has 0 aliphatic carbocycles. The van der Waals surface area contributed by atoms with E-state index in [4.69, 9.17) is 9.47 Å². The van der Waals surface area contributed by atoms with Crippen LogP contribution in [0.5, 0.6) is 5.88 Å². The van der Waals surface area contributed by atoms with Crippen LogP contribution in [-0.2, 0) is 4.74 Å². The highest BCUT2D eigenvalue weighted by atomic mass is 19.1. The van der Waals surface area contributed by atoms with Crippen LogP contribution < -0.4 is 26.2 Å². The molecule has 2 unspecified atom stereocenters. The maximum atomic E-state index is 13.2. The number of carbonyl (C=O) groups excluding carboxylic acids is 1. The zero-order valence-electron chi connectivity index (χ0n) is 17.7. The number of hydrogen-bond donors (Lipinski definition) is 4. The fourth-order valence-corrected chi connectivity index (χ4v) is 3.17. The Balaban J connectivity index is 1.72. The number of aliphatic imine (C=N–C) groups is 1. The number of hydrazine groups is 1. The number of rotatable bonds is 7. The Morgan fingerprint density at radius 3 is 2.77 bits per heavy atom. The molecule has 0 spiro atoms. The van der Waals surface area contributed by atoms with Crippen LogP contribution in [0.2, 0.25) is 0 Å². The lowest BCUT2D eigenvalue weighted by atomic mass is 10.0. The summed E-state index contributed by atoms with van der Waals surface area (Å²) in [6.07, 6.45) is 1.81. The van der Waals surface area contributed by atoms with Crippen LogP contribution in [0.3, 0.4) is 0 Å². The molecule has 10 heteroatoms. The maximum Gasteiger partial charge on any atom is 0.258 e. The first-order chi connectivity index (χ1) is 15.0. The maximum absolute atomic E-state index is 13.2. The van der Waals surface area contributed by atoms with Crippen LogP contribution in [-0.4, -0.2) is 49.9 Å². The molecule has 3 atom stereocenters. The Kier molecular flexibility index (Phi) is 7.88. The second-order valence-electron chi connectivity index (χ2n) is 7.16. The lowest BCUT2D eigenvalue weighted by molar-refractivity contribution is 0.0974. The Morgan fingerprint density at radius 2 is 2.06 bits per heavy atom. The summed E-state index contributed by atoms with van der Waals surface area (Å²) in [5, 5.41) is 5.97. The van der Waals surface area contributed by atoms with Gasteiger partial charge in [-0.05, 0) is 30.7 Å². The molecule has 1 saturated heterocycles. The molecule has 0 saturated carbocycles. The van der Waals surface area contributed by atoms with Gasteiger partial charge in [-0.25, -0.2) is 25.2 Å². The smallest absolute Gasteiger partial charge is 0.258 e. The fraction of sp³-hybridized carbons (Fsp3) is 0.381. The summed E-state index contributed by atoms with van der Waals surface area (Å²) >= 11 is 0. The zero-order chi connectivity index (χ0) is 22.2. The number of amides is 1. The van der Waals surface area contributed by atoms with Crippen LogP contribution in [0, 0.1) is 5.82 Å². The van der Waals surface area contributed by atoms with Gasteiger partial charge in [0.05, 0.1) is 13.7 Å². The predicted octanol–water partition coefficient (Wildman–Crippen LogP) is 1.50. The zero-order valence-corrected chi connectivity index (χ0v) is 17.7. The molecule has 1 aliphatic heterocycles. The molecule has 1 aromatic heterocycles. The number of ether oxygens (including phenoxy) is 2. The Hall–Kier alpha value is -3.08. The normalized spacial score (nSPS) is 19.7. The van der Waals surface area contributed by atoms with Crippen molar-refractivity contribution in [2.24, 2.45) is 4.99 Å². The number of nitrogens with zero attached hydrogens (tertiary/aromatic N) is 2. The van der Waals surface area contributed by atoms with Crippen molar-refractivity contribution in [1.82, 2.24) is 26.5 Å². The van der Waals surface area contributed by atoms with Crippen molar-refractivity contribution < 1.29 is 18.7 Å². The SMILES string of the molecule is COC[C@H](C)NC(=NC1CC(c2ccc(F)cc2)NN1)NC(=O)c1ccnc(OC)c1. The molecule has 9 nitrogen and oxygen atoms in total. The number of guanidine groups is 1. The average Bonchev–Trinajstić information content (AvgIpc) is 3.22. The van der Waals surface area contributed by atoms with Gasteiger partial charge in [-0.1, -0.05) is 12.1 Å². The highest BCUT2D eigenvalue weighted by Crippen LogP contribution is 2.22. The van der Waals surface area contributed by atoms with Gasteiger partial charge in [0.1, 0.15) is 12.0 Å². The summed E-state index contributed by atoms with van der Waals surface area (Å²) in [7, 11) is 3.09. The van der Waals surface area contributed by atoms with Crippen LogP contribution in [0.4, 0.5) is 4.39 Å². The van der Waals surface area contributed by atoms with Crippen LogP contribution in [0.15, 0.2) is 47.6 Å². The number of carbonyl (C=O) groups is 1. The van der Waals surface area contributed by atoms with Crippen LogP contribution >= 0.6 is 0 Å². The summed E-state index contributed by atoms with van der Waals surface area (Å²) < 4.78 is 23.4. The van der Waals surface area contributed by atoms with Gasteiger partial charge in [-0.15, -0.1) is 0 Å². The summed E-state index contributed by atoms with van der Waals surface area (Å²) in [6, 6.07) is 9.34. The summed E-state index contributed by atoms with van der Waals surface area (Å²) in [6.45, 7) is 2.36. The third-order valence-corrected chi connectivity index (χ3v) is 4.68. The van der Waals surface area contributed by atoms with Gasteiger partial charge in [0, 0.05) is 43.4 Å². The fourth-order valence-electron chi connectivity index (χ4n) is 3.17. The number of aromatic nitrogens is 1. The molecule has 1 fully saturated rings. The third-order valence-electron chi connectivity index (χ3n) is 4.68. The molecule has 4 N–H and O–H groups in total. The van der Waals surface area contributed by atoms with E-state index in [1.54, 1.807) is 31.4 Å². The molecule has 1 aliphatic rings. The van der Waals surface area contributed by atoms with Crippen molar-refractivity contribution in [2.45, 2.75) is 31.6 Å². The highest BCUT2D eigenvalue weighted by molar-refractivity contribution is 6.05. The van der Waals surface area contributed by atoms with E-state index >= 15 is 0 Å². The molecule has 1 aromatic carbocycles. The molecule has 2 aromatic rings. The average molecular weight is 430 g/mol. The molecular formula is C21H27FN6O3.